The van der Waals surface area contributed by atoms with Gasteiger partial charge in [0.1, 0.15) is 6.61 Å². The van der Waals surface area contributed by atoms with Gasteiger partial charge in [-0.15, -0.1) is 0 Å². The number of nitrogens with zero attached hydrogens (tertiary/aromatic N) is 1. The Labute approximate surface area is 111 Å². The Morgan fingerprint density at radius 1 is 1.26 bits per heavy atom. The zero-order valence-corrected chi connectivity index (χ0v) is 10.5. The van der Waals surface area contributed by atoms with Gasteiger partial charge in [-0.3, -0.25) is 0 Å². The first-order chi connectivity index (χ1) is 9.20. The molecule has 5 heteroatoms. The third kappa shape index (κ3) is 3.22. The highest BCUT2D eigenvalue weighted by Crippen LogP contribution is 2.18. The number of carbonyl (C=O) groups is 1. The molecular weight excluding hydrogens is 244 g/mol. The van der Waals surface area contributed by atoms with Crippen LogP contribution in [0.25, 0.3) is 0 Å². The molecule has 0 aliphatic carbocycles. The molecule has 0 saturated carbocycles. The summed E-state index contributed by atoms with van der Waals surface area (Å²) in [6, 6.07) is 10.5. The van der Waals surface area contributed by atoms with Gasteiger partial charge in [0, 0.05) is 6.20 Å². The van der Waals surface area contributed by atoms with Gasteiger partial charge in [-0.25, -0.2) is 9.78 Å². The summed E-state index contributed by atoms with van der Waals surface area (Å²) in [7, 11) is 1.35. The van der Waals surface area contributed by atoms with Crippen LogP contribution in [-0.4, -0.2) is 18.1 Å². The summed E-state index contributed by atoms with van der Waals surface area (Å²) in [5, 5.41) is 0. The number of benzene rings is 1. The second kappa shape index (κ2) is 5.86. The van der Waals surface area contributed by atoms with Crippen LogP contribution in [-0.2, 0) is 11.3 Å². The van der Waals surface area contributed by atoms with Crippen molar-refractivity contribution in [3.63, 3.8) is 0 Å². The van der Waals surface area contributed by atoms with E-state index in [0.29, 0.717) is 23.7 Å². The zero-order chi connectivity index (χ0) is 13.7. The molecule has 0 radical (unpaired) electrons. The van der Waals surface area contributed by atoms with Crippen molar-refractivity contribution in [2.24, 2.45) is 0 Å². The van der Waals surface area contributed by atoms with Crippen LogP contribution in [0.4, 0.5) is 5.82 Å². The summed E-state index contributed by atoms with van der Waals surface area (Å²) >= 11 is 0. The van der Waals surface area contributed by atoms with E-state index in [4.69, 9.17) is 10.5 Å². The summed E-state index contributed by atoms with van der Waals surface area (Å²) in [5.41, 5.74) is 7.10. The quantitative estimate of drug-likeness (QED) is 0.849. The minimum atomic E-state index is -0.357. The van der Waals surface area contributed by atoms with Crippen LogP contribution in [0.2, 0.25) is 0 Å². The number of aromatic nitrogens is 1. The molecule has 1 aromatic carbocycles. The van der Waals surface area contributed by atoms with Gasteiger partial charge in [-0.2, -0.15) is 0 Å². The van der Waals surface area contributed by atoms with Crippen LogP contribution in [0.3, 0.4) is 0 Å². The van der Waals surface area contributed by atoms with Crippen LogP contribution in [0.5, 0.6) is 5.75 Å². The predicted octanol–water partition coefficient (Wildman–Crippen LogP) is 2.03. The first kappa shape index (κ1) is 12.9. The first-order valence-corrected chi connectivity index (χ1v) is 5.71. The van der Waals surface area contributed by atoms with Crippen molar-refractivity contribution in [3.8, 4) is 5.75 Å². The second-order valence-electron chi connectivity index (χ2n) is 3.86. The Balaban J connectivity index is 2.01. The normalized spacial score (nSPS) is 9.95. The van der Waals surface area contributed by atoms with E-state index >= 15 is 0 Å². The van der Waals surface area contributed by atoms with E-state index in [2.05, 4.69) is 9.72 Å². The molecule has 2 rings (SSSR count). The Morgan fingerprint density at radius 3 is 2.63 bits per heavy atom. The largest absolute Gasteiger partial charge is 0.485 e. The second-order valence-corrected chi connectivity index (χ2v) is 3.86. The van der Waals surface area contributed by atoms with Crippen LogP contribution in [0.15, 0.2) is 42.6 Å². The molecule has 0 aliphatic rings. The molecule has 19 heavy (non-hydrogen) atoms. The van der Waals surface area contributed by atoms with Crippen molar-refractivity contribution in [3.05, 3.63) is 53.7 Å². The molecule has 98 valence electrons. The number of nitrogens with two attached hydrogens (primary N) is 1. The van der Waals surface area contributed by atoms with Crippen molar-refractivity contribution >= 4 is 11.8 Å². The lowest BCUT2D eigenvalue weighted by Gasteiger charge is -2.08. The number of carbonyl (C=O) groups excluding carboxylic acids is 1. The highest BCUT2D eigenvalue weighted by molar-refractivity contribution is 5.89. The maximum absolute atomic E-state index is 11.3. The molecule has 0 fully saturated rings. The average Bonchev–Trinajstić information content (AvgIpc) is 2.46. The topological polar surface area (TPSA) is 74.4 Å². The van der Waals surface area contributed by atoms with Crippen LogP contribution in [0.1, 0.15) is 15.9 Å². The molecule has 1 heterocycles. The number of nitrogen functional groups attached to an aromatic ring is 1. The van der Waals surface area contributed by atoms with E-state index in [1.807, 2.05) is 0 Å². The molecule has 0 atom stereocenters. The number of ether oxygens (including phenoxy) is 2. The van der Waals surface area contributed by atoms with Gasteiger partial charge < -0.3 is 15.2 Å². The molecule has 2 N–H and O–H groups in total. The number of hydrogen-bond acceptors (Lipinski definition) is 5. The Kier molecular flexibility index (Phi) is 3.97. The van der Waals surface area contributed by atoms with Crippen LogP contribution >= 0.6 is 0 Å². The Morgan fingerprint density at radius 2 is 2.00 bits per heavy atom. The molecule has 0 unspecified atom stereocenters. The molecule has 5 nitrogen and oxygen atoms in total. The van der Waals surface area contributed by atoms with E-state index in [1.54, 1.807) is 42.6 Å². The van der Waals surface area contributed by atoms with Crippen molar-refractivity contribution in [2.75, 3.05) is 12.8 Å². The van der Waals surface area contributed by atoms with Gasteiger partial charge in [0.25, 0.3) is 0 Å². The van der Waals surface area contributed by atoms with Crippen molar-refractivity contribution < 1.29 is 14.3 Å². The molecule has 0 aliphatic heterocycles. The van der Waals surface area contributed by atoms with Gasteiger partial charge in [0.05, 0.1) is 12.7 Å². The van der Waals surface area contributed by atoms with Crippen molar-refractivity contribution in [1.82, 2.24) is 4.98 Å². The molecule has 1 aromatic heterocycles. The molecule has 2 aromatic rings. The van der Waals surface area contributed by atoms with Gasteiger partial charge in [-0.1, -0.05) is 12.1 Å². The highest BCUT2D eigenvalue weighted by atomic mass is 16.5. The number of anilines is 1. The zero-order valence-electron chi connectivity index (χ0n) is 10.5. The smallest absolute Gasteiger partial charge is 0.337 e. The van der Waals surface area contributed by atoms with Gasteiger partial charge in [0.15, 0.2) is 11.6 Å². The highest BCUT2D eigenvalue weighted by Gasteiger charge is 2.05. The van der Waals surface area contributed by atoms with Crippen molar-refractivity contribution in [1.29, 1.82) is 0 Å². The van der Waals surface area contributed by atoms with Gasteiger partial charge in [-0.05, 0) is 29.8 Å². The van der Waals surface area contributed by atoms with E-state index in [-0.39, 0.29) is 5.97 Å². The van der Waals surface area contributed by atoms with Crippen LogP contribution in [0, 0.1) is 0 Å². The molecule has 0 saturated heterocycles. The average molecular weight is 258 g/mol. The lowest BCUT2D eigenvalue weighted by atomic mass is 10.1. The summed E-state index contributed by atoms with van der Waals surface area (Å²) in [6.07, 6.45) is 1.60. The number of hydrogen-bond donors (Lipinski definition) is 1. The van der Waals surface area contributed by atoms with E-state index in [1.165, 1.54) is 7.11 Å². The van der Waals surface area contributed by atoms with Gasteiger partial charge >= 0.3 is 5.97 Å². The summed E-state index contributed by atoms with van der Waals surface area (Å²) < 4.78 is 10.2. The molecular formula is C14H14N2O3. The minimum absolute atomic E-state index is 0.355. The lowest BCUT2D eigenvalue weighted by molar-refractivity contribution is 0.0600. The predicted molar refractivity (Wildman–Crippen MR) is 70.8 cm³/mol. The summed E-state index contributed by atoms with van der Waals surface area (Å²) in [6.45, 7) is 0.358. The van der Waals surface area contributed by atoms with Crippen molar-refractivity contribution in [2.45, 2.75) is 6.61 Å². The standard InChI is InChI=1S/C14H14N2O3/c1-18-14(17)11-6-4-10(5-7-11)9-19-12-3-2-8-16-13(12)15/h2-8H,9H2,1H3,(H2,15,16). The third-order valence-corrected chi connectivity index (χ3v) is 2.57. The van der Waals surface area contributed by atoms with E-state index in [9.17, 15) is 4.79 Å². The fourth-order valence-electron chi connectivity index (χ4n) is 1.54. The first-order valence-electron chi connectivity index (χ1n) is 5.71. The molecule has 0 amide bonds. The fraction of sp³-hybridized carbons (Fsp3) is 0.143. The number of rotatable bonds is 4. The summed E-state index contributed by atoms with van der Waals surface area (Å²) in [4.78, 5) is 15.2. The Bertz CT molecular complexity index is 567. The number of esters is 1. The molecule has 0 spiro atoms. The fourth-order valence-corrected chi connectivity index (χ4v) is 1.54. The Hall–Kier alpha value is -2.56. The minimum Gasteiger partial charge on any atom is -0.485 e. The van der Waals surface area contributed by atoms with Crippen LogP contribution < -0.4 is 10.5 Å². The van der Waals surface area contributed by atoms with E-state index in [0.717, 1.165) is 5.56 Å². The molecule has 0 bridgehead atoms. The number of pyridine rings is 1. The SMILES string of the molecule is COC(=O)c1ccc(COc2cccnc2N)cc1. The maximum Gasteiger partial charge on any atom is 0.337 e. The maximum atomic E-state index is 11.3. The summed E-state index contributed by atoms with van der Waals surface area (Å²) in [5.74, 6) is 0.539. The monoisotopic (exact) mass is 258 g/mol. The number of methoxy groups -OCH3 is 1. The van der Waals surface area contributed by atoms with Gasteiger partial charge in [0.2, 0.25) is 0 Å². The third-order valence-electron chi connectivity index (χ3n) is 2.57. The van der Waals surface area contributed by atoms with E-state index < -0.39 is 0 Å². The lowest BCUT2D eigenvalue weighted by Crippen LogP contribution is -2.03.